The Morgan fingerprint density at radius 1 is 1.12 bits per heavy atom. The van der Waals surface area contributed by atoms with Crippen LogP contribution in [-0.2, 0) is 0 Å². The summed E-state index contributed by atoms with van der Waals surface area (Å²) in [6.45, 7) is 0. The summed E-state index contributed by atoms with van der Waals surface area (Å²) in [4.78, 5) is 7.05. The summed E-state index contributed by atoms with van der Waals surface area (Å²) in [5.41, 5.74) is 0.703. The molecular formula is C15H9F3N4OS. The monoisotopic (exact) mass is 350 g/mol. The number of rotatable bonds is 1. The maximum atomic E-state index is 14.0. The number of anilines is 1. The van der Waals surface area contributed by atoms with Gasteiger partial charge in [-0.25, -0.2) is 13.8 Å². The van der Waals surface area contributed by atoms with E-state index in [1.807, 2.05) is 0 Å². The topological polar surface area (TPSA) is 72.4 Å². The van der Waals surface area contributed by atoms with E-state index in [0.29, 0.717) is 16.6 Å². The van der Waals surface area contributed by atoms with Crippen molar-refractivity contribution in [2.45, 2.75) is 4.90 Å². The predicted molar refractivity (Wildman–Crippen MR) is 86.0 cm³/mol. The number of nitrogens with zero attached hydrogens (tertiary/aromatic N) is 1. The van der Waals surface area contributed by atoms with Gasteiger partial charge in [0.05, 0.1) is 10.4 Å². The molecule has 9 heteroatoms. The first-order chi connectivity index (χ1) is 11.5. The van der Waals surface area contributed by atoms with Crippen molar-refractivity contribution < 1.29 is 18.3 Å². The molecule has 0 atom stereocenters. The first kappa shape index (κ1) is 14.8. The van der Waals surface area contributed by atoms with Gasteiger partial charge in [0.25, 0.3) is 0 Å². The fourth-order valence-corrected chi connectivity index (χ4v) is 3.10. The van der Waals surface area contributed by atoms with E-state index < -0.39 is 23.2 Å². The average Bonchev–Trinajstić information content (AvgIpc) is 3.02. The van der Waals surface area contributed by atoms with Crippen molar-refractivity contribution in [3.63, 3.8) is 0 Å². The highest BCUT2D eigenvalue weighted by molar-refractivity contribution is 7.98. The first-order valence-corrected chi connectivity index (χ1v) is 7.61. The molecule has 4 N–H and O–H groups in total. The van der Waals surface area contributed by atoms with Crippen LogP contribution >= 0.6 is 11.9 Å². The lowest BCUT2D eigenvalue weighted by Gasteiger charge is -2.19. The lowest BCUT2D eigenvalue weighted by molar-refractivity contribution is 0.406. The lowest BCUT2D eigenvalue weighted by atomic mass is 10.2. The molecule has 1 aromatic heterocycles. The van der Waals surface area contributed by atoms with Crippen molar-refractivity contribution in [3.05, 3.63) is 47.9 Å². The summed E-state index contributed by atoms with van der Waals surface area (Å²) in [7, 11) is 0. The molecule has 122 valence electrons. The number of H-pyrrole nitrogens is 1. The van der Waals surface area contributed by atoms with Crippen LogP contribution in [0.25, 0.3) is 10.9 Å². The van der Waals surface area contributed by atoms with Gasteiger partial charge in [-0.3, -0.25) is 4.72 Å². The number of fused-ring (bicyclic) bond motifs is 2. The van der Waals surface area contributed by atoms with Crippen molar-refractivity contribution in [1.29, 1.82) is 0 Å². The maximum Gasteiger partial charge on any atom is 0.211 e. The third-order valence-electron chi connectivity index (χ3n) is 3.49. The summed E-state index contributed by atoms with van der Waals surface area (Å²) >= 11 is 0.953. The van der Waals surface area contributed by atoms with Crippen molar-refractivity contribution >= 4 is 40.2 Å². The summed E-state index contributed by atoms with van der Waals surface area (Å²) < 4.78 is 43.5. The summed E-state index contributed by atoms with van der Waals surface area (Å²) in [5, 5.41) is 13.2. The Bertz CT molecular complexity index is 1000. The lowest BCUT2D eigenvalue weighted by Crippen LogP contribution is -2.27. The highest BCUT2D eigenvalue weighted by atomic mass is 32.2. The van der Waals surface area contributed by atoms with Crippen LogP contribution < -0.4 is 10.0 Å². The number of hydrogen-bond acceptors (Lipinski definition) is 5. The Kier molecular flexibility index (Phi) is 3.31. The quantitative estimate of drug-likeness (QED) is 0.501. The molecule has 0 aliphatic carbocycles. The molecule has 0 radical (unpaired) electrons. The molecule has 2 aromatic carbocycles. The standard InChI is InChI=1S/C15H9F3N4OS/c16-8-5-10-13(14(23)11(8)18)21-15(22-24-10)20-7-3-6-1-2-19-12(6)9(17)4-7/h1-5,19,23H,(H2,20,21,22). The molecule has 1 aliphatic rings. The summed E-state index contributed by atoms with van der Waals surface area (Å²) in [6.07, 6.45) is 1.62. The Morgan fingerprint density at radius 3 is 2.79 bits per heavy atom. The maximum absolute atomic E-state index is 14.0. The van der Waals surface area contributed by atoms with E-state index in [0.717, 1.165) is 18.0 Å². The molecule has 0 saturated carbocycles. The van der Waals surface area contributed by atoms with E-state index in [2.05, 4.69) is 20.0 Å². The van der Waals surface area contributed by atoms with Crippen LogP contribution in [0.2, 0.25) is 0 Å². The average molecular weight is 350 g/mol. The van der Waals surface area contributed by atoms with Crippen LogP contribution in [0.1, 0.15) is 0 Å². The minimum absolute atomic E-state index is 0.0941. The Labute approximate surface area is 137 Å². The van der Waals surface area contributed by atoms with E-state index in [1.165, 1.54) is 6.07 Å². The third-order valence-corrected chi connectivity index (χ3v) is 4.31. The van der Waals surface area contributed by atoms with Gasteiger partial charge in [-0.15, -0.1) is 0 Å². The second-order valence-electron chi connectivity index (χ2n) is 5.06. The Balaban J connectivity index is 1.71. The molecule has 24 heavy (non-hydrogen) atoms. The number of aliphatic imine (C=N–C) groups is 1. The van der Waals surface area contributed by atoms with Gasteiger partial charge in [-0.2, -0.15) is 4.39 Å². The number of hydrogen-bond donors (Lipinski definition) is 4. The molecule has 4 rings (SSSR count). The number of benzene rings is 2. The van der Waals surface area contributed by atoms with Crippen LogP contribution in [0.5, 0.6) is 5.75 Å². The van der Waals surface area contributed by atoms with Crippen molar-refractivity contribution in [2.24, 2.45) is 4.99 Å². The van der Waals surface area contributed by atoms with Crippen LogP contribution in [0.3, 0.4) is 0 Å². The summed E-state index contributed by atoms with van der Waals surface area (Å²) in [5.74, 6) is -3.68. The van der Waals surface area contributed by atoms with Gasteiger partial charge in [0.1, 0.15) is 11.5 Å². The minimum atomic E-state index is -1.36. The third kappa shape index (κ3) is 2.33. The van der Waals surface area contributed by atoms with E-state index in [-0.39, 0.29) is 16.5 Å². The number of phenolic OH excluding ortho intramolecular Hbond substituents is 1. The molecule has 0 bridgehead atoms. The normalized spacial score (nSPS) is 13.4. The van der Waals surface area contributed by atoms with Gasteiger partial charge < -0.3 is 15.4 Å². The number of nitrogens with one attached hydrogen (secondary N) is 3. The molecule has 3 aromatic rings. The van der Waals surface area contributed by atoms with Gasteiger partial charge in [-0.05, 0) is 36.2 Å². The number of aromatic nitrogens is 1. The SMILES string of the molecule is Oc1c(F)c(F)cc2c1N=C(Nc1cc(F)c3[nH]ccc3c1)NS2. The smallest absolute Gasteiger partial charge is 0.211 e. The van der Waals surface area contributed by atoms with E-state index >= 15 is 0 Å². The minimum Gasteiger partial charge on any atom is -0.503 e. The fraction of sp³-hybridized carbons (Fsp3) is 0. The molecule has 5 nitrogen and oxygen atoms in total. The van der Waals surface area contributed by atoms with Gasteiger partial charge >= 0.3 is 0 Å². The van der Waals surface area contributed by atoms with Crippen molar-refractivity contribution in [3.8, 4) is 5.75 Å². The second-order valence-corrected chi connectivity index (χ2v) is 5.91. The van der Waals surface area contributed by atoms with Crippen LogP contribution in [-0.4, -0.2) is 16.1 Å². The number of phenols is 1. The van der Waals surface area contributed by atoms with Crippen LogP contribution in [0, 0.1) is 17.5 Å². The van der Waals surface area contributed by atoms with Crippen molar-refractivity contribution in [1.82, 2.24) is 9.71 Å². The van der Waals surface area contributed by atoms with Gasteiger partial charge in [0, 0.05) is 17.3 Å². The first-order valence-electron chi connectivity index (χ1n) is 6.79. The molecule has 0 saturated heterocycles. The van der Waals surface area contributed by atoms with Crippen molar-refractivity contribution in [2.75, 3.05) is 5.32 Å². The predicted octanol–water partition coefficient (Wildman–Crippen LogP) is 4.00. The van der Waals surface area contributed by atoms with Gasteiger partial charge in [0.15, 0.2) is 11.6 Å². The molecule has 0 spiro atoms. The Morgan fingerprint density at radius 2 is 1.96 bits per heavy atom. The molecule has 2 heterocycles. The highest BCUT2D eigenvalue weighted by Crippen LogP contribution is 2.41. The molecule has 0 amide bonds. The number of halogens is 3. The number of guanidine groups is 1. The molecular weight excluding hydrogens is 341 g/mol. The molecule has 0 unspecified atom stereocenters. The zero-order valence-electron chi connectivity index (χ0n) is 11.8. The van der Waals surface area contributed by atoms with E-state index in [1.54, 1.807) is 18.3 Å². The van der Waals surface area contributed by atoms with E-state index in [9.17, 15) is 18.3 Å². The molecule has 0 fully saturated rings. The summed E-state index contributed by atoms with van der Waals surface area (Å²) in [6, 6.07) is 5.63. The Hall–Kier alpha value is -2.81. The zero-order chi connectivity index (χ0) is 16.8. The largest absolute Gasteiger partial charge is 0.503 e. The number of aromatic amines is 1. The second kappa shape index (κ2) is 5.38. The van der Waals surface area contributed by atoms with E-state index in [4.69, 9.17) is 0 Å². The van der Waals surface area contributed by atoms with Gasteiger partial charge in [-0.1, -0.05) is 0 Å². The fourth-order valence-electron chi connectivity index (χ4n) is 2.39. The zero-order valence-corrected chi connectivity index (χ0v) is 12.6. The molecule has 1 aliphatic heterocycles. The highest BCUT2D eigenvalue weighted by Gasteiger charge is 2.22. The number of aromatic hydroxyl groups is 1. The van der Waals surface area contributed by atoms with Crippen LogP contribution in [0.4, 0.5) is 24.5 Å². The van der Waals surface area contributed by atoms with Gasteiger partial charge in [0.2, 0.25) is 11.8 Å². The van der Waals surface area contributed by atoms with Crippen LogP contribution in [0.15, 0.2) is 40.4 Å².